The van der Waals surface area contributed by atoms with Crippen molar-refractivity contribution in [2.75, 3.05) is 5.32 Å². The Labute approximate surface area is 122 Å². The monoisotopic (exact) mass is 288 g/mol. The van der Waals surface area contributed by atoms with E-state index in [2.05, 4.69) is 15.7 Å². The lowest BCUT2D eigenvalue weighted by molar-refractivity contribution is 0.251. The summed E-state index contributed by atoms with van der Waals surface area (Å²) in [7, 11) is 0. The Hall–Kier alpha value is -2.37. The number of nitrogens with one attached hydrogen (secondary N) is 2. The Kier molecular flexibility index (Phi) is 3.37. The first-order valence-corrected chi connectivity index (χ1v) is 6.93. The first-order chi connectivity index (χ1) is 10.0. The van der Waals surface area contributed by atoms with Crippen molar-refractivity contribution < 1.29 is 9.18 Å². The number of carbonyl (C=O) groups is 1. The average molecular weight is 288 g/mol. The zero-order valence-electron chi connectivity index (χ0n) is 12.0. The van der Waals surface area contributed by atoms with E-state index in [4.69, 9.17) is 0 Å². The third-order valence-electron chi connectivity index (χ3n) is 3.36. The number of aryl methyl sites for hydroxylation is 2. The highest BCUT2D eigenvalue weighted by Crippen LogP contribution is 2.21. The molecule has 1 aliphatic carbocycles. The molecule has 6 heteroatoms. The number of anilines is 1. The summed E-state index contributed by atoms with van der Waals surface area (Å²) in [6.07, 6.45) is 2.03. The molecule has 0 radical (unpaired) electrons. The number of benzene rings is 1. The molecule has 3 rings (SSSR count). The van der Waals surface area contributed by atoms with Gasteiger partial charge in [-0.15, -0.1) is 0 Å². The largest absolute Gasteiger partial charge is 0.335 e. The zero-order valence-corrected chi connectivity index (χ0v) is 12.0. The molecule has 0 bridgehead atoms. The van der Waals surface area contributed by atoms with Crippen LogP contribution in [0.3, 0.4) is 0 Å². The molecule has 0 aliphatic heterocycles. The second-order valence-corrected chi connectivity index (χ2v) is 5.38. The number of aromatic nitrogens is 2. The SMILES string of the molecule is Cc1cc(C)n(-c2ccc(NC(=O)NC3CC3)cc2F)n1. The molecule has 1 saturated carbocycles. The highest BCUT2D eigenvalue weighted by molar-refractivity contribution is 5.89. The van der Waals surface area contributed by atoms with Crippen molar-refractivity contribution in [3.05, 3.63) is 41.5 Å². The van der Waals surface area contributed by atoms with E-state index in [1.54, 1.807) is 16.8 Å². The Morgan fingerprint density at radius 2 is 2.10 bits per heavy atom. The molecule has 1 aromatic heterocycles. The molecule has 1 heterocycles. The summed E-state index contributed by atoms with van der Waals surface area (Å²) in [6.45, 7) is 3.73. The van der Waals surface area contributed by atoms with E-state index in [0.717, 1.165) is 24.2 Å². The summed E-state index contributed by atoms with van der Waals surface area (Å²) in [5, 5.41) is 9.68. The molecular weight excluding hydrogens is 271 g/mol. The fourth-order valence-electron chi connectivity index (χ4n) is 2.21. The van der Waals surface area contributed by atoms with Gasteiger partial charge in [0.1, 0.15) is 5.69 Å². The number of amides is 2. The maximum absolute atomic E-state index is 14.2. The van der Waals surface area contributed by atoms with Crippen LogP contribution in [-0.2, 0) is 0 Å². The van der Waals surface area contributed by atoms with Gasteiger partial charge in [0, 0.05) is 17.4 Å². The van der Waals surface area contributed by atoms with E-state index in [9.17, 15) is 9.18 Å². The highest BCUT2D eigenvalue weighted by Gasteiger charge is 2.23. The van der Waals surface area contributed by atoms with Crippen LogP contribution in [0.2, 0.25) is 0 Å². The van der Waals surface area contributed by atoms with Crippen LogP contribution in [0.15, 0.2) is 24.3 Å². The molecular formula is C15H17FN4O. The minimum absolute atomic E-state index is 0.267. The molecule has 2 amide bonds. The van der Waals surface area contributed by atoms with Crippen LogP contribution < -0.4 is 10.6 Å². The molecule has 0 unspecified atom stereocenters. The Balaban J connectivity index is 1.79. The van der Waals surface area contributed by atoms with E-state index >= 15 is 0 Å². The fourth-order valence-corrected chi connectivity index (χ4v) is 2.21. The van der Waals surface area contributed by atoms with Gasteiger partial charge in [0.25, 0.3) is 0 Å². The number of urea groups is 1. The maximum atomic E-state index is 14.2. The number of rotatable bonds is 3. The summed E-state index contributed by atoms with van der Waals surface area (Å²) in [6, 6.07) is 6.44. The predicted molar refractivity (Wildman–Crippen MR) is 78.2 cm³/mol. The van der Waals surface area contributed by atoms with E-state index in [0.29, 0.717) is 11.4 Å². The predicted octanol–water partition coefficient (Wildman–Crippen LogP) is 2.91. The Morgan fingerprint density at radius 1 is 1.33 bits per heavy atom. The average Bonchev–Trinajstić information content (AvgIpc) is 3.14. The van der Waals surface area contributed by atoms with Gasteiger partial charge in [0.05, 0.1) is 5.69 Å². The van der Waals surface area contributed by atoms with Gasteiger partial charge < -0.3 is 10.6 Å². The molecule has 5 nitrogen and oxygen atoms in total. The molecule has 110 valence electrons. The van der Waals surface area contributed by atoms with Crippen LogP contribution in [0.4, 0.5) is 14.9 Å². The Morgan fingerprint density at radius 3 is 2.67 bits per heavy atom. The topological polar surface area (TPSA) is 59.0 Å². The summed E-state index contributed by atoms with van der Waals surface area (Å²) in [5.41, 5.74) is 2.49. The summed E-state index contributed by atoms with van der Waals surface area (Å²) in [5.74, 6) is -0.426. The summed E-state index contributed by atoms with van der Waals surface area (Å²) in [4.78, 5) is 11.6. The van der Waals surface area contributed by atoms with Gasteiger partial charge in [0.2, 0.25) is 0 Å². The quantitative estimate of drug-likeness (QED) is 0.912. The lowest BCUT2D eigenvalue weighted by Gasteiger charge is -2.10. The number of carbonyl (C=O) groups excluding carboxylic acids is 1. The van der Waals surface area contributed by atoms with Crippen molar-refractivity contribution in [3.8, 4) is 5.69 Å². The zero-order chi connectivity index (χ0) is 15.0. The first kappa shape index (κ1) is 13.6. The number of nitrogens with zero attached hydrogens (tertiary/aromatic N) is 2. The van der Waals surface area contributed by atoms with Crippen molar-refractivity contribution in [2.45, 2.75) is 32.7 Å². The third kappa shape index (κ3) is 3.04. The molecule has 2 N–H and O–H groups in total. The van der Waals surface area contributed by atoms with Crippen molar-refractivity contribution in [1.82, 2.24) is 15.1 Å². The van der Waals surface area contributed by atoms with Crippen LogP contribution in [-0.4, -0.2) is 21.9 Å². The van der Waals surface area contributed by atoms with Crippen LogP contribution in [0.25, 0.3) is 5.69 Å². The van der Waals surface area contributed by atoms with Gasteiger partial charge in [0.15, 0.2) is 5.82 Å². The van der Waals surface area contributed by atoms with Crippen LogP contribution >= 0.6 is 0 Å². The second kappa shape index (κ2) is 5.20. The molecule has 0 spiro atoms. The van der Waals surface area contributed by atoms with Crippen LogP contribution in [0.1, 0.15) is 24.2 Å². The van der Waals surface area contributed by atoms with E-state index < -0.39 is 5.82 Å². The molecule has 0 saturated heterocycles. The van der Waals surface area contributed by atoms with Gasteiger partial charge in [-0.25, -0.2) is 13.9 Å². The normalized spacial score (nSPS) is 14.0. The van der Waals surface area contributed by atoms with Crippen molar-refractivity contribution >= 4 is 11.7 Å². The van der Waals surface area contributed by atoms with Gasteiger partial charge in [-0.05, 0) is 51.0 Å². The number of halogens is 1. The lowest BCUT2D eigenvalue weighted by atomic mass is 10.2. The first-order valence-electron chi connectivity index (χ1n) is 6.93. The fraction of sp³-hybridized carbons (Fsp3) is 0.333. The van der Waals surface area contributed by atoms with Crippen molar-refractivity contribution in [1.29, 1.82) is 0 Å². The van der Waals surface area contributed by atoms with Crippen molar-refractivity contribution in [2.24, 2.45) is 0 Å². The molecule has 21 heavy (non-hydrogen) atoms. The Bertz CT molecular complexity index is 691. The van der Waals surface area contributed by atoms with Gasteiger partial charge in [-0.3, -0.25) is 0 Å². The summed E-state index contributed by atoms with van der Waals surface area (Å²) >= 11 is 0. The maximum Gasteiger partial charge on any atom is 0.319 e. The van der Waals surface area contributed by atoms with E-state index in [1.807, 2.05) is 19.9 Å². The van der Waals surface area contributed by atoms with Crippen LogP contribution in [0, 0.1) is 19.7 Å². The van der Waals surface area contributed by atoms with Gasteiger partial charge in [-0.2, -0.15) is 5.10 Å². The molecule has 2 aromatic rings. The second-order valence-electron chi connectivity index (χ2n) is 5.38. The minimum atomic E-state index is -0.426. The summed E-state index contributed by atoms with van der Waals surface area (Å²) < 4.78 is 15.8. The van der Waals surface area contributed by atoms with Crippen molar-refractivity contribution in [3.63, 3.8) is 0 Å². The third-order valence-corrected chi connectivity index (χ3v) is 3.36. The minimum Gasteiger partial charge on any atom is -0.335 e. The van der Waals surface area contributed by atoms with E-state index in [1.165, 1.54) is 6.07 Å². The van der Waals surface area contributed by atoms with E-state index in [-0.39, 0.29) is 12.1 Å². The molecule has 1 fully saturated rings. The lowest BCUT2D eigenvalue weighted by Crippen LogP contribution is -2.30. The molecule has 0 atom stereocenters. The number of hydrogen-bond acceptors (Lipinski definition) is 2. The number of hydrogen-bond donors (Lipinski definition) is 2. The highest BCUT2D eigenvalue weighted by atomic mass is 19.1. The standard InChI is InChI=1S/C15H17FN4O/c1-9-7-10(2)20(19-9)14-6-5-12(8-13(14)16)18-15(21)17-11-3-4-11/h5-8,11H,3-4H2,1-2H3,(H2,17,18,21). The van der Waals surface area contributed by atoms with Crippen LogP contribution in [0.5, 0.6) is 0 Å². The van der Waals surface area contributed by atoms with Gasteiger partial charge >= 0.3 is 6.03 Å². The van der Waals surface area contributed by atoms with Gasteiger partial charge in [-0.1, -0.05) is 0 Å². The molecule has 1 aliphatic rings. The smallest absolute Gasteiger partial charge is 0.319 e. The molecule has 1 aromatic carbocycles.